The second kappa shape index (κ2) is 17.0. The zero-order valence-corrected chi connectivity index (χ0v) is 38.3. The Hall–Kier alpha value is -8.52. The van der Waals surface area contributed by atoms with Gasteiger partial charge >= 0.3 is 0 Å². The van der Waals surface area contributed by atoms with E-state index in [1.165, 1.54) is 99.8 Å². The lowest BCUT2D eigenvalue weighted by molar-refractivity contribution is 0.660. The second-order valence-electron chi connectivity index (χ2n) is 18.4. The summed E-state index contributed by atoms with van der Waals surface area (Å²) in [6.07, 6.45) is 0. The summed E-state index contributed by atoms with van der Waals surface area (Å²) in [4.78, 5) is 2.45. The van der Waals surface area contributed by atoms with E-state index in [0.717, 1.165) is 17.1 Å². The van der Waals surface area contributed by atoms with E-state index in [9.17, 15) is 0 Å². The van der Waals surface area contributed by atoms with E-state index in [-0.39, 0.29) is 5.41 Å². The molecule has 0 radical (unpaired) electrons. The lowest BCUT2D eigenvalue weighted by Crippen LogP contribution is -2.14. The quantitative estimate of drug-likeness (QED) is 0.140. The van der Waals surface area contributed by atoms with Crippen LogP contribution < -0.4 is 4.90 Å². The molecule has 0 saturated carbocycles. The molecule has 68 heavy (non-hydrogen) atoms. The Kier molecular flexibility index (Phi) is 10.3. The number of rotatable bonds is 9. The van der Waals surface area contributed by atoms with Crippen LogP contribution in [0.1, 0.15) is 25.0 Å². The highest BCUT2D eigenvalue weighted by Crippen LogP contribution is 2.53. The third-order valence-electron chi connectivity index (χ3n) is 14.1. The van der Waals surface area contributed by atoms with E-state index in [1.807, 2.05) is 0 Å². The largest absolute Gasteiger partial charge is 0.310 e. The molecule has 0 atom stereocenters. The summed E-state index contributed by atoms with van der Waals surface area (Å²) in [6, 6.07) is 95.6. The predicted octanol–water partition coefficient (Wildman–Crippen LogP) is 18.6. The van der Waals surface area contributed by atoms with Gasteiger partial charge in [-0.15, -0.1) is 0 Å². The van der Waals surface area contributed by atoms with Crippen LogP contribution in [0.3, 0.4) is 0 Å². The van der Waals surface area contributed by atoms with Crippen LogP contribution in [0.25, 0.3) is 88.7 Å². The molecule has 1 nitrogen and oxygen atoms in total. The minimum Gasteiger partial charge on any atom is -0.310 e. The fourth-order valence-electron chi connectivity index (χ4n) is 10.8. The highest BCUT2D eigenvalue weighted by molar-refractivity contribution is 6.02. The Morgan fingerprint density at radius 3 is 1.37 bits per heavy atom. The fourth-order valence-corrected chi connectivity index (χ4v) is 10.8. The van der Waals surface area contributed by atoms with Crippen LogP contribution in [-0.4, -0.2) is 0 Å². The Morgan fingerprint density at radius 2 is 0.676 bits per heavy atom. The maximum Gasteiger partial charge on any atom is 0.0546 e. The minimum absolute atomic E-state index is 0.0696. The Balaban J connectivity index is 1.01. The van der Waals surface area contributed by atoms with Crippen molar-refractivity contribution in [1.29, 1.82) is 0 Å². The van der Waals surface area contributed by atoms with Crippen molar-refractivity contribution in [2.24, 2.45) is 0 Å². The number of benzene rings is 11. The van der Waals surface area contributed by atoms with Crippen molar-refractivity contribution in [2.45, 2.75) is 19.3 Å². The van der Waals surface area contributed by atoms with E-state index >= 15 is 0 Å². The predicted molar refractivity (Wildman–Crippen MR) is 289 cm³/mol. The number of fused-ring (bicyclic) bond motifs is 4. The average Bonchev–Trinajstić information content (AvgIpc) is 3.65. The van der Waals surface area contributed by atoms with Crippen LogP contribution >= 0.6 is 0 Å². The summed E-state index contributed by atoms with van der Waals surface area (Å²) in [5.41, 5.74) is 23.0. The van der Waals surface area contributed by atoms with Crippen LogP contribution in [0, 0.1) is 0 Å². The monoisotopic (exact) mass is 867 g/mol. The third-order valence-corrected chi connectivity index (χ3v) is 14.1. The molecular weight excluding hydrogens is 819 g/mol. The molecule has 1 heteroatoms. The topological polar surface area (TPSA) is 3.24 Å². The van der Waals surface area contributed by atoms with E-state index in [0.29, 0.717) is 0 Å². The van der Waals surface area contributed by atoms with Gasteiger partial charge in [0.1, 0.15) is 0 Å². The molecular formula is C67H49N. The highest BCUT2D eigenvalue weighted by atomic mass is 15.1. The summed E-state index contributed by atoms with van der Waals surface area (Å²) >= 11 is 0. The van der Waals surface area contributed by atoms with Crippen molar-refractivity contribution in [2.75, 3.05) is 4.90 Å². The Morgan fingerprint density at radius 1 is 0.265 bits per heavy atom. The van der Waals surface area contributed by atoms with Crippen LogP contribution in [0.15, 0.2) is 261 Å². The second-order valence-corrected chi connectivity index (χ2v) is 18.4. The maximum atomic E-state index is 2.45. The SMILES string of the molecule is CC1(C)c2ccccc2-c2c(-c3ccc(N(c4ccc(-c5ccc(-c6cccc7ccccc67)cc5)cc4)c4cccc(-c5ccccc5)c4-c4ccccc4-c4ccccc4)cc3)cccc21. The summed E-state index contributed by atoms with van der Waals surface area (Å²) in [5, 5.41) is 2.52. The first kappa shape index (κ1) is 40.9. The minimum atomic E-state index is -0.0696. The number of nitrogens with zero attached hydrogens (tertiary/aromatic N) is 1. The Bertz CT molecular complexity index is 3600. The standard InChI is InChI=1S/C67H49N/c1-67(2)62-31-14-13-27-61(62)65-58(29-16-32-63(65)67)52-40-44-54(45-41-52)68(53-42-38-47(39-43-53)46-34-36-51(37-35-46)56-28-15-23-49-22-9-10-24-55(49)56)64-33-17-30-59(50-20-7-4-8-21-50)66(64)60-26-12-11-25-57(60)48-18-5-3-6-19-48/h3-45H,1-2H3. The Labute approximate surface area is 399 Å². The van der Waals surface area contributed by atoms with Gasteiger partial charge in [-0.25, -0.2) is 0 Å². The molecule has 0 fully saturated rings. The first-order valence-electron chi connectivity index (χ1n) is 23.7. The summed E-state index contributed by atoms with van der Waals surface area (Å²) < 4.78 is 0. The molecule has 0 unspecified atom stereocenters. The highest BCUT2D eigenvalue weighted by Gasteiger charge is 2.36. The summed E-state index contributed by atoms with van der Waals surface area (Å²) in [5.74, 6) is 0. The van der Waals surface area contributed by atoms with Crippen LogP contribution in [0.5, 0.6) is 0 Å². The molecule has 1 aliphatic rings. The summed E-state index contributed by atoms with van der Waals surface area (Å²) in [7, 11) is 0. The van der Waals surface area contributed by atoms with E-state index in [2.05, 4.69) is 280 Å². The average molecular weight is 868 g/mol. The molecule has 0 heterocycles. The molecule has 0 aromatic heterocycles. The van der Waals surface area contributed by atoms with Crippen LogP contribution in [0.2, 0.25) is 0 Å². The summed E-state index contributed by atoms with van der Waals surface area (Å²) in [6.45, 7) is 4.71. The van der Waals surface area contributed by atoms with Crippen molar-refractivity contribution in [3.05, 3.63) is 272 Å². The van der Waals surface area contributed by atoms with Crippen molar-refractivity contribution in [3.8, 4) is 77.9 Å². The molecule has 1 aliphatic carbocycles. The molecule has 0 N–H and O–H groups in total. The van der Waals surface area contributed by atoms with Gasteiger partial charge in [-0.1, -0.05) is 244 Å². The molecule has 12 rings (SSSR count). The maximum absolute atomic E-state index is 2.45. The van der Waals surface area contributed by atoms with Crippen molar-refractivity contribution in [1.82, 2.24) is 0 Å². The van der Waals surface area contributed by atoms with Gasteiger partial charge in [-0.2, -0.15) is 0 Å². The normalized spacial score (nSPS) is 12.4. The van der Waals surface area contributed by atoms with E-state index in [4.69, 9.17) is 0 Å². The fraction of sp³-hybridized carbons (Fsp3) is 0.0448. The molecule has 11 aromatic carbocycles. The zero-order valence-electron chi connectivity index (χ0n) is 38.3. The number of anilines is 3. The first-order valence-corrected chi connectivity index (χ1v) is 23.7. The van der Waals surface area contributed by atoms with Crippen molar-refractivity contribution >= 4 is 27.8 Å². The molecule has 322 valence electrons. The van der Waals surface area contributed by atoms with Gasteiger partial charge in [0.05, 0.1) is 5.69 Å². The van der Waals surface area contributed by atoms with E-state index < -0.39 is 0 Å². The van der Waals surface area contributed by atoms with E-state index in [1.54, 1.807) is 0 Å². The molecule has 0 saturated heterocycles. The van der Waals surface area contributed by atoms with Crippen LogP contribution in [0.4, 0.5) is 17.1 Å². The van der Waals surface area contributed by atoms with Gasteiger partial charge in [0, 0.05) is 22.4 Å². The van der Waals surface area contributed by atoms with Gasteiger partial charge in [0.2, 0.25) is 0 Å². The van der Waals surface area contributed by atoms with Crippen molar-refractivity contribution in [3.63, 3.8) is 0 Å². The first-order chi connectivity index (χ1) is 33.5. The smallest absolute Gasteiger partial charge is 0.0546 e. The molecule has 0 amide bonds. The molecule has 0 spiro atoms. The third kappa shape index (κ3) is 7.12. The number of hydrogen-bond acceptors (Lipinski definition) is 1. The lowest BCUT2D eigenvalue weighted by Gasteiger charge is -2.30. The molecule has 11 aromatic rings. The van der Waals surface area contributed by atoms with Gasteiger partial charge < -0.3 is 4.90 Å². The van der Waals surface area contributed by atoms with Gasteiger partial charge in [-0.3, -0.25) is 0 Å². The van der Waals surface area contributed by atoms with Crippen molar-refractivity contribution < 1.29 is 0 Å². The molecule has 0 aliphatic heterocycles. The zero-order chi connectivity index (χ0) is 45.6. The van der Waals surface area contributed by atoms with Gasteiger partial charge in [0.15, 0.2) is 0 Å². The van der Waals surface area contributed by atoms with Gasteiger partial charge in [0.25, 0.3) is 0 Å². The lowest BCUT2D eigenvalue weighted by atomic mass is 9.82. The number of hydrogen-bond donors (Lipinski definition) is 0. The molecule has 0 bridgehead atoms. The van der Waals surface area contributed by atoms with Gasteiger partial charge in [-0.05, 0) is 125 Å². The van der Waals surface area contributed by atoms with Crippen LogP contribution in [-0.2, 0) is 5.41 Å².